The molecule has 1 saturated heterocycles. The van der Waals surface area contributed by atoms with Gasteiger partial charge in [-0.25, -0.2) is 0 Å². The summed E-state index contributed by atoms with van der Waals surface area (Å²) in [5, 5.41) is 0.654. The van der Waals surface area contributed by atoms with Crippen LogP contribution in [0.1, 0.15) is 6.92 Å². The molecule has 6 nitrogen and oxygen atoms in total. The molecule has 2 rings (SSSR count). The lowest BCUT2D eigenvalue weighted by Crippen LogP contribution is -2.49. The number of benzene rings is 1. The Morgan fingerprint density at radius 3 is 2.42 bits per heavy atom. The third-order valence-corrected chi connectivity index (χ3v) is 5.90. The first-order valence-electron chi connectivity index (χ1n) is 6.94. The molecule has 0 aliphatic carbocycles. The van der Waals surface area contributed by atoms with Crippen molar-refractivity contribution in [2.24, 2.45) is 0 Å². The second kappa shape index (κ2) is 7.70. The second-order valence-corrected chi connectivity index (χ2v) is 8.29. The van der Waals surface area contributed by atoms with Crippen LogP contribution in [0.25, 0.3) is 0 Å². The average molecular weight is 416 g/mol. The molecule has 1 aromatic carbocycles. The quantitative estimate of drug-likeness (QED) is 0.558. The summed E-state index contributed by atoms with van der Waals surface area (Å²) < 4.78 is 28.7. The molecule has 24 heavy (non-hydrogen) atoms. The van der Waals surface area contributed by atoms with Crippen molar-refractivity contribution in [1.82, 2.24) is 4.31 Å². The van der Waals surface area contributed by atoms with Gasteiger partial charge < -0.3 is 4.74 Å². The molecule has 0 radical (unpaired) electrons. The van der Waals surface area contributed by atoms with Gasteiger partial charge in [0.2, 0.25) is 0 Å². The van der Waals surface area contributed by atoms with Crippen LogP contribution in [0.5, 0.6) is 0 Å². The summed E-state index contributed by atoms with van der Waals surface area (Å²) in [6.07, 6.45) is 0. The fourth-order valence-electron chi connectivity index (χ4n) is 2.28. The van der Waals surface area contributed by atoms with Gasteiger partial charge in [-0.2, -0.15) is 4.31 Å². The second-order valence-electron chi connectivity index (χ2n) is 5.10. The van der Waals surface area contributed by atoms with E-state index in [4.69, 9.17) is 39.5 Å². The van der Waals surface area contributed by atoms with E-state index in [1.165, 1.54) is 20.7 Å². The number of ether oxygens (including phenoxy) is 1. The number of nitrogens with zero attached hydrogens (tertiary/aromatic N) is 2. The van der Waals surface area contributed by atoms with Crippen LogP contribution in [0.3, 0.4) is 0 Å². The molecule has 1 aliphatic rings. The summed E-state index contributed by atoms with van der Waals surface area (Å²) in [6, 6.07) is 2.90. The molecule has 0 unspecified atom stereocenters. The van der Waals surface area contributed by atoms with Gasteiger partial charge >= 0.3 is 5.97 Å². The van der Waals surface area contributed by atoms with Gasteiger partial charge in [0, 0.05) is 11.6 Å². The standard InChI is InChI=1S/C14H17Cl3N2O4S/c1-3-23-13(20)8-18-6-9(2)7-19(24(18,21)22)14-11(16)4-10(15)5-12(14)17/h4-5,21-22H,2-3,6-8H2,1H3. The SMILES string of the molecule is C=C1CN(CC(=O)OCC)S(O)(O)N(c2c(Cl)cc(Cl)cc2Cl)C1. The Morgan fingerprint density at radius 2 is 1.88 bits per heavy atom. The van der Waals surface area contributed by atoms with E-state index in [1.54, 1.807) is 6.92 Å². The van der Waals surface area contributed by atoms with E-state index in [0.717, 1.165) is 0 Å². The fourth-order valence-corrected chi connectivity index (χ4v) is 5.11. The molecule has 1 heterocycles. The maximum atomic E-state index is 11.7. The Kier molecular flexibility index (Phi) is 6.30. The zero-order valence-corrected chi connectivity index (χ0v) is 15.9. The van der Waals surface area contributed by atoms with E-state index in [-0.39, 0.29) is 42.0 Å². The van der Waals surface area contributed by atoms with Gasteiger partial charge in [-0.05, 0) is 35.6 Å². The van der Waals surface area contributed by atoms with Crippen molar-refractivity contribution in [3.8, 4) is 0 Å². The van der Waals surface area contributed by atoms with E-state index in [1.807, 2.05) is 0 Å². The molecule has 0 amide bonds. The van der Waals surface area contributed by atoms with Crippen molar-refractivity contribution in [2.45, 2.75) is 6.92 Å². The highest BCUT2D eigenvalue weighted by Gasteiger charge is 2.39. The minimum absolute atomic E-state index is 0.128. The van der Waals surface area contributed by atoms with E-state index < -0.39 is 16.9 Å². The van der Waals surface area contributed by atoms with Crippen LogP contribution in [0.4, 0.5) is 5.69 Å². The maximum Gasteiger partial charge on any atom is 0.321 e. The number of carbonyl (C=O) groups is 1. The Bertz CT molecular complexity index is 648. The molecule has 1 aromatic rings. The highest BCUT2D eigenvalue weighted by atomic mass is 35.5. The largest absolute Gasteiger partial charge is 0.465 e. The number of esters is 1. The predicted octanol–water partition coefficient (Wildman–Crippen LogP) is 4.47. The molecular formula is C14H17Cl3N2O4S. The summed E-state index contributed by atoms with van der Waals surface area (Å²) in [5.41, 5.74) is 0.880. The van der Waals surface area contributed by atoms with Crippen molar-refractivity contribution in [1.29, 1.82) is 0 Å². The summed E-state index contributed by atoms with van der Waals surface area (Å²) in [5.74, 6) is -0.569. The fraction of sp³-hybridized carbons (Fsp3) is 0.357. The van der Waals surface area contributed by atoms with Crippen LogP contribution in [0, 0.1) is 0 Å². The van der Waals surface area contributed by atoms with E-state index in [9.17, 15) is 13.9 Å². The molecule has 0 spiro atoms. The number of anilines is 1. The van der Waals surface area contributed by atoms with E-state index in [0.29, 0.717) is 10.6 Å². The molecule has 0 saturated carbocycles. The highest BCUT2D eigenvalue weighted by molar-refractivity contribution is 8.23. The minimum Gasteiger partial charge on any atom is -0.465 e. The molecule has 1 aliphatic heterocycles. The van der Waals surface area contributed by atoms with Gasteiger partial charge in [0.15, 0.2) is 0 Å². The van der Waals surface area contributed by atoms with Crippen molar-refractivity contribution < 1.29 is 18.6 Å². The monoisotopic (exact) mass is 414 g/mol. The summed E-state index contributed by atoms with van der Waals surface area (Å²) in [4.78, 5) is 11.7. The lowest BCUT2D eigenvalue weighted by Gasteiger charge is -2.53. The molecule has 10 heteroatoms. The summed E-state index contributed by atoms with van der Waals surface area (Å²) in [6.45, 7) is 5.72. The topological polar surface area (TPSA) is 73.2 Å². The van der Waals surface area contributed by atoms with Crippen LogP contribution in [-0.2, 0) is 9.53 Å². The Balaban J connectivity index is 2.39. The number of carbonyl (C=O) groups excluding carboxylic acids is 1. The van der Waals surface area contributed by atoms with Gasteiger partial charge in [-0.3, -0.25) is 18.2 Å². The molecular weight excluding hydrogens is 399 g/mol. The highest BCUT2D eigenvalue weighted by Crippen LogP contribution is 2.55. The van der Waals surface area contributed by atoms with Crippen molar-refractivity contribution in [2.75, 3.05) is 30.5 Å². The van der Waals surface area contributed by atoms with Crippen LogP contribution in [0.15, 0.2) is 24.3 Å². The zero-order valence-electron chi connectivity index (χ0n) is 12.8. The van der Waals surface area contributed by atoms with Crippen molar-refractivity contribution in [3.63, 3.8) is 0 Å². The molecule has 134 valence electrons. The normalized spacial score (nSPS) is 19.2. The first-order valence-corrected chi connectivity index (χ1v) is 9.54. The van der Waals surface area contributed by atoms with Gasteiger partial charge in [0.1, 0.15) is 6.54 Å². The van der Waals surface area contributed by atoms with Gasteiger partial charge in [0.05, 0.1) is 28.9 Å². The van der Waals surface area contributed by atoms with Crippen LogP contribution < -0.4 is 4.31 Å². The Labute approximate surface area is 157 Å². The molecule has 0 bridgehead atoms. The predicted molar refractivity (Wildman–Crippen MR) is 99.0 cm³/mol. The van der Waals surface area contributed by atoms with E-state index >= 15 is 0 Å². The number of halogens is 3. The number of rotatable bonds is 4. The lowest BCUT2D eigenvalue weighted by molar-refractivity contribution is -0.143. The van der Waals surface area contributed by atoms with Crippen LogP contribution in [0.2, 0.25) is 15.1 Å². The third kappa shape index (κ3) is 4.11. The van der Waals surface area contributed by atoms with Gasteiger partial charge in [0.25, 0.3) is 0 Å². The summed E-state index contributed by atoms with van der Waals surface area (Å²) >= 11 is 18.3. The lowest BCUT2D eigenvalue weighted by atomic mass is 10.2. The zero-order chi connectivity index (χ0) is 18.1. The number of hydrogen-bond donors (Lipinski definition) is 2. The molecule has 2 N–H and O–H groups in total. The van der Waals surface area contributed by atoms with Crippen molar-refractivity contribution >= 4 is 57.4 Å². The molecule has 0 atom stereocenters. The number of hydrogen-bond acceptors (Lipinski definition) is 6. The first kappa shape index (κ1) is 19.7. The maximum absolute atomic E-state index is 11.7. The molecule has 0 aromatic heterocycles. The smallest absolute Gasteiger partial charge is 0.321 e. The Hall–Kier alpha value is -0.670. The average Bonchev–Trinajstić information content (AvgIpc) is 2.43. The first-order chi connectivity index (χ1) is 11.2. The van der Waals surface area contributed by atoms with E-state index in [2.05, 4.69) is 6.58 Å². The molecule has 1 fully saturated rings. The van der Waals surface area contributed by atoms with Crippen molar-refractivity contribution in [3.05, 3.63) is 39.4 Å². The Morgan fingerprint density at radius 1 is 1.29 bits per heavy atom. The third-order valence-electron chi connectivity index (χ3n) is 3.25. The summed E-state index contributed by atoms with van der Waals surface area (Å²) in [7, 11) is -3.53. The minimum atomic E-state index is -3.53. The van der Waals surface area contributed by atoms with Gasteiger partial charge in [-0.1, -0.05) is 41.4 Å². The van der Waals surface area contributed by atoms with Crippen LogP contribution >= 0.6 is 45.8 Å². The van der Waals surface area contributed by atoms with Crippen LogP contribution in [-0.4, -0.2) is 45.6 Å². The van der Waals surface area contributed by atoms with Gasteiger partial charge in [-0.15, -0.1) is 0 Å².